The second-order valence-corrected chi connectivity index (χ2v) is 7.96. The number of fused-ring (bicyclic) bond motifs is 1. The van der Waals surface area contributed by atoms with Gasteiger partial charge in [0.05, 0.1) is 28.8 Å². The van der Waals surface area contributed by atoms with Crippen LogP contribution in [0, 0.1) is 0 Å². The van der Waals surface area contributed by atoms with Gasteiger partial charge in [-0.3, -0.25) is 9.08 Å². The first-order valence-electron chi connectivity index (χ1n) is 10.2. The third kappa shape index (κ3) is 4.12. The highest BCUT2D eigenvalue weighted by Crippen LogP contribution is 2.27. The summed E-state index contributed by atoms with van der Waals surface area (Å²) in [6, 6.07) is 10.1. The normalized spacial score (nSPS) is 14.6. The van der Waals surface area contributed by atoms with Crippen LogP contribution in [0.1, 0.15) is 17.7 Å². The predicted octanol–water partition coefficient (Wildman–Crippen LogP) is 3.85. The molecule has 0 aliphatic carbocycles. The van der Waals surface area contributed by atoms with Crippen molar-refractivity contribution in [3.05, 3.63) is 77.5 Å². The minimum absolute atomic E-state index is 0.663. The zero-order valence-corrected chi connectivity index (χ0v) is 18.0. The minimum atomic E-state index is 0.663. The fourth-order valence-electron chi connectivity index (χ4n) is 3.70. The van der Waals surface area contributed by atoms with Crippen molar-refractivity contribution in [1.29, 1.82) is 0 Å². The van der Waals surface area contributed by atoms with Crippen LogP contribution >= 0.6 is 12.6 Å². The number of aryl methyl sites for hydroxylation is 1. The van der Waals surface area contributed by atoms with E-state index in [-0.39, 0.29) is 0 Å². The average Bonchev–Trinajstić information content (AvgIpc) is 3.41. The van der Waals surface area contributed by atoms with Crippen LogP contribution in [0.2, 0.25) is 0 Å². The molecule has 3 aromatic heterocycles. The minimum Gasteiger partial charge on any atom is -0.332 e. The van der Waals surface area contributed by atoms with E-state index >= 15 is 0 Å². The number of nitrogens with zero attached hydrogens (tertiary/aromatic N) is 5. The standard InChI is InChI=1S/C23H23N7S/c1-29-14-18(12-26-29)20-13-25-23-22(28-21(31)10-16-6-3-2-4-7-16)27-19(15-30(20)23)17-8-5-9-24-11-17/h2-4,6-8,10,12-15,24,31H,5,9,11H2,1H3,(H,27,28)/b21-10-. The molecule has 0 amide bonds. The van der Waals surface area contributed by atoms with Crippen molar-refractivity contribution in [2.24, 2.45) is 7.05 Å². The summed E-state index contributed by atoms with van der Waals surface area (Å²) in [6.45, 7) is 1.78. The quantitative estimate of drug-likeness (QED) is 0.421. The van der Waals surface area contributed by atoms with Crippen LogP contribution in [0.5, 0.6) is 0 Å². The predicted molar refractivity (Wildman–Crippen MR) is 128 cm³/mol. The Kier molecular flexibility index (Phi) is 5.31. The summed E-state index contributed by atoms with van der Waals surface area (Å²) in [4.78, 5) is 9.56. The lowest BCUT2D eigenvalue weighted by Crippen LogP contribution is -2.22. The monoisotopic (exact) mass is 429 g/mol. The Bertz CT molecular complexity index is 1280. The molecular weight excluding hydrogens is 406 g/mol. The second-order valence-electron chi connectivity index (χ2n) is 7.47. The van der Waals surface area contributed by atoms with Gasteiger partial charge in [0.2, 0.25) is 0 Å². The van der Waals surface area contributed by atoms with Gasteiger partial charge < -0.3 is 10.6 Å². The van der Waals surface area contributed by atoms with Crippen LogP contribution in [0.15, 0.2) is 66.2 Å². The molecule has 156 valence electrons. The Balaban J connectivity index is 1.61. The Hall–Kier alpha value is -3.36. The van der Waals surface area contributed by atoms with Crippen molar-refractivity contribution >= 4 is 35.7 Å². The zero-order chi connectivity index (χ0) is 21.2. The number of nitrogens with one attached hydrogen (secondary N) is 2. The van der Waals surface area contributed by atoms with Gasteiger partial charge in [-0.25, -0.2) is 9.97 Å². The first-order valence-corrected chi connectivity index (χ1v) is 10.6. The van der Waals surface area contributed by atoms with E-state index in [2.05, 4.69) is 43.8 Å². The van der Waals surface area contributed by atoms with E-state index in [4.69, 9.17) is 4.98 Å². The van der Waals surface area contributed by atoms with Crippen LogP contribution in [-0.2, 0) is 7.05 Å². The van der Waals surface area contributed by atoms with Crippen molar-refractivity contribution < 1.29 is 0 Å². The molecule has 1 aliphatic heterocycles. The Labute approximate surface area is 185 Å². The molecule has 0 radical (unpaired) electrons. The number of anilines is 1. The fourth-order valence-corrected chi connectivity index (χ4v) is 3.95. The first-order chi connectivity index (χ1) is 15.2. The zero-order valence-electron chi connectivity index (χ0n) is 17.2. The third-order valence-electron chi connectivity index (χ3n) is 5.20. The molecule has 5 rings (SSSR count). The maximum Gasteiger partial charge on any atom is 0.180 e. The third-order valence-corrected chi connectivity index (χ3v) is 5.44. The van der Waals surface area contributed by atoms with Gasteiger partial charge in [0.1, 0.15) is 0 Å². The number of thiol groups is 1. The van der Waals surface area contributed by atoms with Crippen LogP contribution in [0.3, 0.4) is 0 Å². The van der Waals surface area contributed by atoms with Crippen molar-refractivity contribution in [1.82, 2.24) is 29.5 Å². The lowest BCUT2D eigenvalue weighted by molar-refractivity contribution is 0.737. The molecule has 1 aliphatic rings. The summed E-state index contributed by atoms with van der Waals surface area (Å²) in [5.41, 5.74) is 5.85. The summed E-state index contributed by atoms with van der Waals surface area (Å²) in [5, 5.41) is 11.8. The summed E-state index contributed by atoms with van der Waals surface area (Å²) in [5.74, 6) is 0.663. The van der Waals surface area contributed by atoms with Gasteiger partial charge in [0, 0.05) is 31.5 Å². The van der Waals surface area contributed by atoms with Gasteiger partial charge in [-0.15, -0.1) is 12.6 Å². The molecule has 0 spiro atoms. The molecule has 0 atom stereocenters. The molecule has 2 N–H and O–H groups in total. The molecule has 7 nitrogen and oxygen atoms in total. The van der Waals surface area contributed by atoms with Crippen molar-refractivity contribution in [3.63, 3.8) is 0 Å². The molecule has 8 heteroatoms. The van der Waals surface area contributed by atoms with E-state index < -0.39 is 0 Å². The molecule has 0 unspecified atom stereocenters. The summed E-state index contributed by atoms with van der Waals surface area (Å²) < 4.78 is 3.86. The van der Waals surface area contributed by atoms with Gasteiger partial charge in [-0.2, -0.15) is 5.10 Å². The van der Waals surface area contributed by atoms with E-state index in [9.17, 15) is 0 Å². The maximum absolute atomic E-state index is 4.91. The van der Waals surface area contributed by atoms with Crippen molar-refractivity contribution in [3.8, 4) is 11.3 Å². The Morgan fingerprint density at radius 3 is 2.81 bits per heavy atom. The molecule has 4 aromatic rings. The highest BCUT2D eigenvalue weighted by molar-refractivity contribution is 7.84. The van der Waals surface area contributed by atoms with Crippen LogP contribution < -0.4 is 10.6 Å². The molecule has 0 bridgehead atoms. The lowest BCUT2D eigenvalue weighted by Gasteiger charge is -2.16. The smallest absolute Gasteiger partial charge is 0.180 e. The summed E-state index contributed by atoms with van der Waals surface area (Å²) in [7, 11) is 1.91. The summed E-state index contributed by atoms with van der Waals surface area (Å²) >= 11 is 4.65. The molecule has 1 aromatic carbocycles. The number of benzene rings is 1. The molecule has 31 heavy (non-hydrogen) atoms. The lowest BCUT2D eigenvalue weighted by atomic mass is 10.1. The number of hydrogen-bond acceptors (Lipinski definition) is 6. The summed E-state index contributed by atoms with van der Waals surface area (Å²) in [6.07, 6.45) is 12.9. The van der Waals surface area contributed by atoms with Crippen LogP contribution in [0.4, 0.5) is 5.82 Å². The van der Waals surface area contributed by atoms with Crippen molar-refractivity contribution in [2.75, 3.05) is 18.4 Å². The Morgan fingerprint density at radius 2 is 2.06 bits per heavy atom. The van der Waals surface area contributed by atoms with E-state index in [1.165, 1.54) is 5.57 Å². The van der Waals surface area contributed by atoms with E-state index in [1.54, 1.807) is 4.68 Å². The van der Waals surface area contributed by atoms with Gasteiger partial charge in [0.25, 0.3) is 0 Å². The van der Waals surface area contributed by atoms with Crippen LogP contribution in [-0.4, -0.2) is 37.2 Å². The Morgan fingerprint density at radius 1 is 1.19 bits per heavy atom. The fraction of sp³-hybridized carbons (Fsp3) is 0.174. The van der Waals surface area contributed by atoms with E-state index in [0.717, 1.165) is 47.7 Å². The van der Waals surface area contributed by atoms with E-state index in [0.29, 0.717) is 10.8 Å². The molecule has 0 saturated carbocycles. The highest BCUT2D eigenvalue weighted by atomic mass is 32.1. The van der Waals surface area contributed by atoms with Crippen molar-refractivity contribution in [2.45, 2.75) is 6.42 Å². The topological polar surface area (TPSA) is 72.1 Å². The van der Waals surface area contributed by atoms with Crippen LogP contribution in [0.25, 0.3) is 28.6 Å². The number of aromatic nitrogens is 5. The number of rotatable bonds is 5. The maximum atomic E-state index is 4.91. The molecular formula is C23H23N7S. The first kappa shape index (κ1) is 19.6. The largest absolute Gasteiger partial charge is 0.332 e. The number of hydrogen-bond donors (Lipinski definition) is 3. The highest BCUT2D eigenvalue weighted by Gasteiger charge is 2.17. The van der Waals surface area contributed by atoms with Gasteiger partial charge in [-0.1, -0.05) is 36.4 Å². The number of imidazole rings is 1. The molecule has 4 heterocycles. The van der Waals surface area contributed by atoms with E-state index in [1.807, 2.05) is 68.2 Å². The van der Waals surface area contributed by atoms with Gasteiger partial charge in [-0.05, 0) is 30.2 Å². The van der Waals surface area contributed by atoms with Gasteiger partial charge in [0.15, 0.2) is 11.5 Å². The van der Waals surface area contributed by atoms with Gasteiger partial charge >= 0.3 is 0 Å². The second kappa shape index (κ2) is 8.41. The SMILES string of the molecule is Cn1cc(-c2cnc3c(N/C(S)=C/c4ccccc4)nc(C4=CCCNC4)cn23)cn1. The average molecular weight is 430 g/mol. The molecule has 0 fully saturated rings. The molecule has 0 saturated heterocycles.